The highest BCUT2D eigenvalue weighted by atomic mass is 16.2. The van der Waals surface area contributed by atoms with Crippen LogP contribution in [0.25, 0.3) is 0 Å². The van der Waals surface area contributed by atoms with E-state index in [1.54, 1.807) is 24.1 Å². The van der Waals surface area contributed by atoms with Crippen molar-refractivity contribution in [3.63, 3.8) is 0 Å². The van der Waals surface area contributed by atoms with Crippen molar-refractivity contribution in [1.29, 1.82) is 0 Å². The van der Waals surface area contributed by atoms with E-state index in [0.717, 1.165) is 5.69 Å². The lowest BCUT2D eigenvalue weighted by atomic mass is 10.2. The first kappa shape index (κ1) is 15.0. The Morgan fingerprint density at radius 1 is 1.26 bits per heavy atom. The molecule has 0 bridgehead atoms. The summed E-state index contributed by atoms with van der Waals surface area (Å²) >= 11 is 0. The molecule has 0 aliphatic rings. The van der Waals surface area contributed by atoms with E-state index in [1.807, 2.05) is 26.0 Å². The largest absolute Gasteiger partial charge is 0.376 e. The molecule has 0 saturated heterocycles. The number of hydrogen-bond acceptors (Lipinski definition) is 3. The molecule has 1 aromatic rings. The summed E-state index contributed by atoms with van der Waals surface area (Å²) in [4.78, 5) is 24.5. The molecule has 1 rings (SSSR count). The second-order valence-corrected chi connectivity index (χ2v) is 4.71. The standard InChI is InChI=1S/C14H21N3O2/c1-10(2)17(4)14(19)9-15-12-6-5-7-13(8-12)16-11(3)18/h5-8,10,15H,9H2,1-4H3,(H,16,18). The smallest absolute Gasteiger partial charge is 0.241 e. The van der Waals surface area contributed by atoms with Crippen LogP contribution in [-0.4, -0.2) is 36.3 Å². The monoisotopic (exact) mass is 263 g/mol. The molecule has 2 amide bonds. The van der Waals surface area contributed by atoms with E-state index < -0.39 is 0 Å². The van der Waals surface area contributed by atoms with Crippen LogP contribution >= 0.6 is 0 Å². The quantitative estimate of drug-likeness (QED) is 0.853. The number of amides is 2. The fourth-order valence-electron chi connectivity index (χ4n) is 1.50. The molecule has 19 heavy (non-hydrogen) atoms. The molecular formula is C14H21N3O2. The number of carbonyl (C=O) groups excluding carboxylic acids is 2. The summed E-state index contributed by atoms with van der Waals surface area (Å²) in [5, 5.41) is 5.75. The maximum absolute atomic E-state index is 11.8. The minimum absolute atomic E-state index is 0.0277. The number of nitrogens with zero attached hydrogens (tertiary/aromatic N) is 1. The van der Waals surface area contributed by atoms with Gasteiger partial charge in [-0.2, -0.15) is 0 Å². The van der Waals surface area contributed by atoms with Crippen molar-refractivity contribution in [2.24, 2.45) is 0 Å². The van der Waals surface area contributed by atoms with E-state index >= 15 is 0 Å². The average Bonchev–Trinajstić information content (AvgIpc) is 2.34. The van der Waals surface area contributed by atoms with Gasteiger partial charge in [0.2, 0.25) is 11.8 Å². The van der Waals surface area contributed by atoms with E-state index in [1.165, 1.54) is 6.92 Å². The lowest BCUT2D eigenvalue weighted by Gasteiger charge is -2.21. The highest BCUT2D eigenvalue weighted by Gasteiger charge is 2.11. The van der Waals surface area contributed by atoms with E-state index in [2.05, 4.69) is 10.6 Å². The van der Waals surface area contributed by atoms with Crippen molar-refractivity contribution in [2.75, 3.05) is 24.2 Å². The number of likely N-dealkylation sites (N-methyl/N-ethyl adjacent to an activating group) is 1. The third kappa shape index (κ3) is 4.99. The lowest BCUT2D eigenvalue weighted by molar-refractivity contribution is -0.129. The maximum Gasteiger partial charge on any atom is 0.241 e. The van der Waals surface area contributed by atoms with Crippen LogP contribution in [0.5, 0.6) is 0 Å². The zero-order valence-corrected chi connectivity index (χ0v) is 11.9. The zero-order valence-electron chi connectivity index (χ0n) is 11.9. The maximum atomic E-state index is 11.8. The minimum Gasteiger partial charge on any atom is -0.376 e. The highest BCUT2D eigenvalue weighted by molar-refractivity contribution is 5.89. The third-order valence-electron chi connectivity index (χ3n) is 2.79. The SMILES string of the molecule is CC(=O)Nc1cccc(NCC(=O)N(C)C(C)C)c1. The van der Waals surface area contributed by atoms with Crippen LogP contribution in [0, 0.1) is 0 Å². The van der Waals surface area contributed by atoms with Crippen LogP contribution in [0.1, 0.15) is 20.8 Å². The molecule has 104 valence electrons. The average molecular weight is 263 g/mol. The van der Waals surface area contributed by atoms with Gasteiger partial charge in [-0.05, 0) is 32.0 Å². The molecule has 5 nitrogen and oxygen atoms in total. The summed E-state index contributed by atoms with van der Waals surface area (Å²) in [6.45, 7) is 5.63. The van der Waals surface area contributed by atoms with Gasteiger partial charge < -0.3 is 15.5 Å². The van der Waals surface area contributed by atoms with E-state index in [4.69, 9.17) is 0 Å². The number of benzene rings is 1. The molecule has 0 heterocycles. The molecule has 0 aromatic heterocycles. The Balaban J connectivity index is 2.58. The molecule has 0 fully saturated rings. The van der Waals surface area contributed by atoms with Gasteiger partial charge in [0.25, 0.3) is 0 Å². The Morgan fingerprint density at radius 3 is 2.47 bits per heavy atom. The summed E-state index contributed by atoms with van der Waals surface area (Å²) in [5.41, 5.74) is 1.51. The van der Waals surface area contributed by atoms with Crippen LogP contribution < -0.4 is 10.6 Å². The van der Waals surface area contributed by atoms with Gasteiger partial charge in [0.1, 0.15) is 0 Å². The fraction of sp³-hybridized carbons (Fsp3) is 0.429. The Hall–Kier alpha value is -2.04. The van der Waals surface area contributed by atoms with Crippen LogP contribution in [0.3, 0.4) is 0 Å². The Bertz CT molecular complexity index is 458. The predicted molar refractivity (Wildman–Crippen MR) is 77.1 cm³/mol. The predicted octanol–water partition coefficient (Wildman–Crippen LogP) is 1.92. The summed E-state index contributed by atoms with van der Waals surface area (Å²) in [6.07, 6.45) is 0. The van der Waals surface area contributed by atoms with Gasteiger partial charge in [-0.3, -0.25) is 9.59 Å². The first-order valence-corrected chi connectivity index (χ1v) is 6.27. The van der Waals surface area contributed by atoms with Crippen molar-refractivity contribution >= 4 is 23.2 Å². The van der Waals surface area contributed by atoms with Crippen LogP contribution in [0.4, 0.5) is 11.4 Å². The molecule has 0 saturated carbocycles. The number of nitrogens with one attached hydrogen (secondary N) is 2. The normalized spacial score (nSPS) is 10.2. The molecule has 1 aromatic carbocycles. The van der Waals surface area contributed by atoms with Crippen LogP contribution in [-0.2, 0) is 9.59 Å². The lowest BCUT2D eigenvalue weighted by Crippen LogP contribution is -2.37. The van der Waals surface area contributed by atoms with Gasteiger partial charge in [0, 0.05) is 31.4 Å². The van der Waals surface area contributed by atoms with Gasteiger partial charge in [0.05, 0.1) is 6.54 Å². The molecule has 0 aliphatic heterocycles. The zero-order chi connectivity index (χ0) is 14.4. The van der Waals surface area contributed by atoms with Crippen LogP contribution in [0.2, 0.25) is 0 Å². The van der Waals surface area contributed by atoms with Gasteiger partial charge >= 0.3 is 0 Å². The number of rotatable bonds is 5. The molecule has 0 radical (unpaired) electrons. The topological polar surface area (TPSA) is 61.4 Å². The Kier molecular flexibility index (Phi) is 5.36. The van der Waals surface area contributed by atoms with E-state index in [9.17, 15) is 9.59 Å². The first-order valence-electron chi connectivity index (χ1n) is 6.27. The minimum atomic E-state index is -0.118. The fourth-order valence-corrected chi connectivity index (χ4v) is 1.50. The van der Waals surface area contributed by atoms with Gasteiger partial charge in [-0.25, -0.2) is 0 Å². The van der Waals surface area contributed by atoms with E-state index in [0.29, 0.717) is 5.69 Å². The molecular weight excluding hydrogens is 242 g/mol. The number of anilines is 2. The molecule has 0 spiro atoms. The summed E-state index contributed by atoms with van der Waals surface area (Å²) in [5.74, 6) is -0.0901. The first-order chi connectivity index (χ1) is 8.90. The van der Waals surface area contributed by atoms with Gasteiger partial charge in [-0.15, -0.1) is 0 Å². The molecule has 5 heteroatoms. The van der Waals surface area contributed by atoms with Gasteiger partial charge in [-0.1, -0.05) is 6.07 Å². The summed E-state index contributed by atoms with van der Waals surface area (Å²) in [6, 6.07) is 7.46. The van der Waals surface area contributed by atoms with Crippen LogP contribution in [0.15, 0.2) is 24.3 Å². The molecule has 2 N–H and O–H groups in total. The highest BCUT2D eigenvalue weighted by Crippen LogP contribution is 2.14. The summed E-state index contributed by atoms with van der Waals surface area (Å²) < 4.78 is 0. The van der Waals surface area contributed by atoms with Crippen molar-refractivity contribution in [2.45, 2.75) is 26.8 Å². The third-order valence-corrected chi connectivity index (χ3v) is 2.79. The number of carbonyl (C=O) groups is 2. The Labute approximate surface area is 114 Å². The van der Waals surface area contributed by atoms with E-state index in [-0.39, 0.29) is 24.4 Å². The molecule has 0 atom stereocenters. The molecule has 0 unspecified atom stereocenters. The summed E-state index contributed by atoms with van der Waals surface area (Å²) in [7, 11) is 1.78. The van der Waals surface area contributed by atoms with Crippen molar-refractivity contribution in [3.05, 3.63) is 24.3 Å². The second-order valence-electron chi connectivity index (χ2n) is 4.71. The van der Waals surface area contributed by atoms with Crippen molar-refractivity contribution in [1.82, 2.24) is 4.90 Å². The Morgan fingerprint density at radius 2 is 1.89 bits per heavy atom. The van der Waals surface area contributed by atoms with Crippen molar-refractivity contribution < 1.29 is 9.59 Å². The number of hydrogen-bond donors (Lipinski definition) is 2. The van der Waals surface area contributed by atoms with Crippen molar-refractivity contribution in [3.8, 4) is 0 Å². The molecule has 0 aliphatic carbocycles. The second kappa shape index (κ2) is 6.78. The van der Waals surface area contributed by atoms with Gasteiger partial charge in [0.15, 0.2) is 0 Å².